The molecule has 0 aliphatic heterocycles. The topological polar surface area (TPSA) is 21.6 Å². The molecule has 0 aliphatic carbocycles. The molecule has 2 aromatic rings. The van der Waals surface area contributed by atoms with Gasteiger partial charge in [0.2, 0.25) is 0 Å². The first kappa shape index (κ1) is 11.4. The zero-order valence-corrected chi connectivity index (χ0v) is 9.76. The summed E-state index contributed by atoms with van der Waals surface area (Å²) in [5.41, 5.74) is 3.26. The van der Waals surface area contributed by atoms with E-state index in [2.05, 4.69) is 30.4 Å². The Morgan fingerprint density at radius 2 is 1.71 bits per heavy atom. The van der Waals surface area contributed by atoms with Crippen LogP contribution in [0.3, 0.4) is 0 Å². The van der Waals surface area contributed by atoms with Crippen LogP contribution in [0.25, 0.3) is 0 Å². The largest absolute Gasteiger partial charge is 0.390 e. The maximum atomic E-state index is 5.18. The van der Waals surface area contributed by atoms with Crippen LogP contribution in [0.1, 0.15) is 16.7 Å². The Morgan fingerprint density at radius 3 is 2.41 bits per heavy atom. The van der Waals surface area contributed by atoms with Crippen molar-refractivity contribution in [3.8, 4) is 0 Å². The second kappa shape index (κ2) is 5.85. The molecule has 0 bridgehead atoms. The van der Waals surface area contributed by atoms with Crippen LogP contribution in [0, 0.1) is 6.92 Å². The molecule has 17 heavy (non-hydrogen) atoms. The minimum Gasteiger partial charge on any atom is -0.390 e. The molecule has 0 saturated heterocycles. The van der Waals surface area contributed by atoms with Crippen molar-refractivity contribution in [2.24, 2.45) is 5.16 Å². The molecule has 0 unspecified atom stereocenters. The van der Waals surface area contributed by atoms with Gasteiger partial charge in [0.15, 0.2) is 0 Å². The highest BCUT2D eigenvalue weighted by atomic mass is 16.6. The lowest BCUT2D eigenvalue weighted by Crippen LogP contribution is -1.88. The summed E-state index contributed by atoms with van der Waals surface area (Å²) >= 11 is 0. The average Bonchev–Trinajstić information content (AvgIpc) is 2.38. The monoisotopic (exact) mass is 224 g/mol. The van der Waals surface area contributed by atoms with Gasteiger partial charge in [-0.2, -0.15) is 0 Å². The minimum atomic E-state index is 0.472. The Balaban J connectivity index is 1.84. The highest BCUT2D eigenvalue weighted by Gasteiger charge is 1.92. The first-order valence-electron chi connectivity index (χ1n) is 5.53. The molecular weight excluding hydrogens is 210 g/mol. The van der Waals surface area contributed by atoms with Gasteiger partial charge in [0.05, 0.1) is 0 Å². The van der Waals surface area contributed by atoms with Gasteiger partial charge in [-0.3, -0.25) is 0 Å². The van der Waals surface area contributed by atoms with Crippen molar-refractivity contribution in [2.75, 3.05) is 0 Å². The molecule has 0 aromatic heterocycles. The third kappa shape index (κ3) is 3.76. The standard InChI is InChI=1S/C15H14NO/c1-13-7-9-15(10-8-13)12-17-16-11-14-5-3-2-4-6-14/h2-10H,12H2,1H3. The number of aryl methyl sites for hydroxylation is 1. The predicted octanol–water partition coefficient (Wildman–Crippen LogP) is 3.42. The number of rotatable bonds is 4. The fourth-order valence-electron chi connectivity index (χ4n) is 1.39. The van der Waals surface area contributed by atoms with E-state index < -0.39 is 0 Å². The van der Waals surface area contributed by atoms with E-state index >= 15 is 0 Å². The van der Waals surface area contributed by atoms with Gasteiger partial charge in [-0.1, -0.05) is 65.3 Å². The van der Waals surface area contributed by atoms with Gasteiger partial charge in [0.25, 0.3) is 0 Å². The van der Waals surface area contributed by atoms with Crippen molar-refractivity contribution in [3.05, 3.63) is 71.3 Å². The summed E-state index contributed by atoms with van der Waals surface area (Å²) in [4.78, 5) is 5.18. The van der Waals surface area contributed by atoms with Crippen molar-refractivity contribution in [1.82, 2.24) is 0 Å². The highest BCUT2D eigenvalue weighted by molar-refractivity contribution is 5.78. The van der Waals surface area contributed by atoms with Crippen LogP contribution in [-0.2, 0) is 11.4 Å². The second-order valence-corrected chi connectivity index (χ2v) is 3.83. The molecule has 2 heteroatoms. The van der Waals surface area contributed by atoms with E-state index in [-0.39, 0.29) is 0 Å². The molecule has 0 heterocycles. The first-order chi connectivity index (χ1) is 8.34. The summed E-state index contributed by atoms with van der Waals surface area (Å²) in [7, 11) is 0. The van der Waals surface area contributed by atoms with Crippen LogP contribution in [0.5, 0.6) is 0 Å². The summed E-state index contributed by atoms with van der Waals surface area (Å²) in [6.45, 7) is 2.53. The van der Waals surface area contributed by atoms with Crippen LogP contribution in [0.4, 0.5) is 0 Å². The molecule has 0 N–H and O–H groups in total. The third-order valence-corrected chi connectivity index (χ3v) is 2.36. The maximum absolute atomic E-state index is 5.18. The van der Waals surface area contributed by atoms with Crippen molar-refractivity contribution in [2.45, 2.75) is 13.5 Å². The predicted molar refractivity (Wildman–Crippen MR) is 68.9 cm³/mol. The van der Waals surface area contributed by atoms with Gasteiger partial charge >= 0.3 is 0 Å². The average molecular weight is 224 g/mol. The zero-order valence-electron chi connectivity index (χ0n) is 9.76. The molecule has 0 fully saturated rings. The van der Waals surface area contributed by atoms with Crippen molar-refractivity contribution in [1.29, 1.82) is 0 Å². The molecule has 0 saturated carbocycles. The van der Waals surface area contributed by atoms with Gasteiger partial charge in [-0.25, -0.2) is 0 Å². The maximum Gasteiger partial charge on any atom is 0.142 e. The Bertz CT molecular complexity index is 474. The lowest BCUT2D eigenvalue weighted by atomic mass is 10.2. The van der Waals surface area contributed by atoms with Gasteiger partial charge in [-0.05, 0) is 12.5 Å². The van der Waals surface area contributed by atoms with E-state index in [1.54, 1.807) is 0 Å². The molecule has 2 aromatic carbocycles. The van der Waals surface area contributed by atoms with Crippen LogP contribution >= 0.6 is 0 Å². The van der Waals surface area contributed by atoms with E-state index in [0.29, 0.717) is 6.61 Å². The number of benzene rings is 2. The fraction of sp³-hybridized carbons (Fsp3) is 0.133. The highest BCUT2D eigenvalue weighted by Crippen LogP contribution is 2.04. The van der Waals surface area contributed by atoms with Crippen LogP contribution in [-0.4, -0.2) is 6.21 Å². The summed E-state index contributed by atoms with van der Waals surface area (Å²) in [5, 5.41) is 3.81. The molecule has 85 valence electrons. The Labute approximate surface area is 102 Å². The number of nitrogens with zero attached hydrogens (tertiary/aromatic N) is 1. The van der Waals surface area contributed by atoms with E-state index in [4.69, 9.17) is 4.84 Å². The SMILES string of the molecule is Cc1ccc(CO/N=[C]\c2ccccc2)cc1. The van der Waals surface area contributed by atoms with Gasteiger partial charge in [0, 0.05) is 5.56 Å². The van der Waals surface area contributed by atoms with E-state index in [9.17, 15) is 0 Å². The minimum absolute atomic E-state index is 0.472. The summed E-state index contributed by atoms with van der Waals surface area (Å²) < 4.78 is 0. The first-order valence-corrected chi connectivity index (χ1v) is 5.53. The summed E-state index contributed by atoms with van der Waals surface area (Å²) in [6.07, 6.45) is 2.83. The van der Waals surface area contributed by atoms with E-state index in [0.717, 1.165) is 11.1 Å². The Morgan fingerprint density at radius 1 is 1.00 bits per heavy atom. The molecule has 2 rings (SSSR count). The second-order valence-electron chi connectivity index (χ2n) is 3.83. The Hall–Kier alpha value is -2.09. The molecule has 0 spiro atoms. The van der Waals surface area contributed by atoms with Crippen molar-refractivity contribution >= 4 is 6.21 Å². The van der Waals surface area contributed by atoms with Crippen LogP contribution in [0.2, 0.25) is 0 Å². The number of hydrogen-bond acceptors (Lipinski definition) is 2. The third-order valence-electron chi connectivity index (χ3n) is 2.36. The normalized spacial score (nSPS) is 10.6. The van der Waals surface area contributed by atoms with Gasteiger partial charge in [-0.15, -0.1) is 0 Å². The molecule has 0 atom stereocenters. The molecule has 0 aliphatic rings. The molecule has 0 amide bonds. The van der Waals surface area contributed by atoms with Crippen LogP contribution < -0.4 is 0 Å². The quantitative estimate of drug-likeness (QED) is 0.576. The lowest BCUT2D eigenvalue weighted by molar-refractivity contribution is 0.132. The zero-order chi connectivity index (χ0) is 11.9. The van der Waals surface area contributed by atoms with Gasteiger partial charge < -0.3 is 4.84 Å². The lowest BCUT2D eigenvalue weighted by Gasteiger charge is -1.99. The molecule has 1 radical (unpaired) electrons. The van der Waals surface area contributed by atoms with E-state index in [1.165, 1.54) is 5.56 Å². The van der Waals surface area contributed by atoms with Crippen LogP contribution in [0.15, 0.2) is 59.8 Å². The van der Waals surface area contributed by atoms with Crippen molar-refractivity contribution < 1.29 is 4.84 Å². The molecular formula is C15H14NO. The number of hydrogen-bond donors (Lipinski definition) is 0. The Kier molecular flexibility index (Phi) is 3.92. The fourth-order valence-corrected chi connectivity index (χ4v) is 1.39. The molecule has 2 nitrogen and oxygen atoms in total. The van der Waals surface area contributed by atoms with Crippen molar-refractivity contribution in [3.63, 3.8) is 0 Å². The van der Waals surface area contributed by atoms with Gasteiger partial charge in [0.1, 0.15) is 12.8 Å². The summed E-state index contributed by atoms with van der Waals surface area (Å²) in [6, 6.07) is 17.9. The smallest absolute Gasteiger partial charge is 0.142 e. The summed E-state index contributed by atoms with van der Waals surface area (Å²) in [5.74, 6) is 0. The van der Waals surface area contributed by atoms with E-state index in [1.807, 2.05) is 42.5 Å².